The summed E-state index contributed by atoms with van der Waals surface area (Å²) in [7, 11) is -3.77. The number of benzene rings is 1. The number of carbonyl (C=O) groups excluding carboxylic acids is 1. The minimum Gasteiger partial charge on any atom is -0.326 e. The smallest absolute Gasteiger partial charge is 0.264 e. The summed E-state index contributed by atoms with van der Waals surface area (Å²) in [5.74, 6) is -0.191. The van der Waals surface area contributed by atoms with Crippen LogP contribution in [0, 0.1) is 0 Å². The number of aromatic nitrogens is 2. The Morgan fingerprint density at radius 2 is 1.86 bits per heavy atom. The molecule has 0 spiro atoms. The number of sulfonamides is 1. The maximum absolute atomic E-state index is 12.3. The van der Waals surface area contributed by atoms with Gasteiger partial charge < -0.3 is 5.32 Å². The number of nitrogens with zero attached hydrogens (tertiary/aromatic N) is 2. The summed E-state index contributed by atoms with van der Waals surface area (Å²) >= 11 is 0. The third-order valence-corrected chi connectivity index (χ3v) is 4.13. The van der Waals surface area contributed by atoms with Gasteiger partial charge in [-0.25, -0.2) is 23.1 Å². The van der Waals surface area contributed by atoms with Gasteiger partial charge in [-0.2, -0.15) is 0 Å². The maximum Gasteiger partial charge on any atom is 0.264 e. The van der Waals surface area contributed by atoms with Gasteiger partial charge in [0.1, 0.15) is 0 Å². The summed E-state index contributed by atoms with van der Waals surface area (Å²) in [6, 6.07) is 7.55. The fourth-order valence-electron chi connectivity index (χ4n) is 1.74. The van der Waals surface area contributed by atoms with Crippen LogP contribution in [-0.2, 0) is 21.2 Å². The van der Waals surface area contributed by atoms with Crippen molar-refractivity contribution in [2.75, 3.05) is 10.0 Å². The molecule has 1 aromatic carbocycles. The first-order valence-electron chi connectivity index (χ1n) is 6.63. The normalized spacial score (nSPS) is 11.0. The highest BCUT2D eigenvalue weighted by Crippen LogP contribution is 2.16. The molecule has 1 amide bonds. The number of rotatable bonds is 5. The zero-order valence-corrected chi connectivity index (χ0v) is 13.0. The fraction of sp³-hybridized carbons (Fsp3) is 0.214. The van der Waals surface area contributed by atoms with E-state index in [4.69, 9.17) is 0 Å². The first kappa shape index (κ1) is 15.9. The van der Waals surface area contributed by atoms with Crippen molar-refractivity contribution in [1.29, 1.82) is 0 Å². The van der Waals surface area contributed by atoms with Gasteiger partial charge in [0.15, 0.2) is 0 Å². The molecule has 2 N–H and O–H groups in total. The number of nitrogens with one attached hydrogen (secondary N) is 2. The van der Waals surface area contributed by atoms with Gasteiger partial charge in [-0.1, -0.05) is 6.92 Å². The van der Waals surface area contributed by atoms with Crippen LogP contribution in [0.2, 0.25) is 0 Å². The van der Waals surface area contributed by atoms with Gasteiger partial charge in [-0.3, -0.25) is 4.79 Å². The second-order valence-electron chi connectivity index (χ2n) is 4.54. The van der Waals surface area contributed by atoms with Crippen molar-refractivity contribution < 1.29 is 13.2 Å². The van der Waals surface area contributed by atoms with Gasteiger partial charge in [-0.15, -0.1) is 0 Å². The summed E-state index contributed by atoms with van der Waals surface area (Å²) in [4.78, 5) is 19.0. The molecule has 2 rings (SSSR count). The van der Waals surface area contributed by atoms with Crippen LogP contribution >= 0.6 is 0 Å². The lowest BCUT2D eigenvalue weighted by Crippen LogP contribution is -2.15. The molecular weight excluding hydrogens is 304 g/mol. The van der Waals surface area contributed by atoms with Crippen LogP contribution in [-0.4, -0.2) is 24.3 Å². The van der Waals surface area contributed by atoms with E-state index in [1.165, 1.54) is 37.4 Å². The lowest BCUT2D eigenvalue weighted by atomic mass is 10.3. The van der Waals surface area contributed by atoms with Crippen molar-refractivity contribution in [3.63, 3.8) is 0 Å². The Morgan fingerprint density at radius 1 is 1.18 bits per heavy atom. The van der Waals surface area contributed by atoms with Gasteiger partial charge in [-0.05, 0) is 36.8 Å². The van der Waals surface area contributed by atoms with Gasteiger partial charge >= 0.3 is 0 Å². The average molecular weight is 320 g/mol. The number of anilines is 2. The summed E-state index contributed by atoms with van der Waals surface area (Å²) in [5.41, 5.74) is 1.27. The lowest BCUT2D eigenvalue weighted by molar-refractivity contribution is -0.114. The fourth-order valence-corrected chi connectivity index (χ4v) is 2.69. The molecule has 0 radical (unpaired) electrons. The van der Waals surface area contributed by atoms with E-state index in [0.717, 1.165) is 5.69 Å². The van der Waals surface area contributed by atoms with E-state index in [2.05, 4.69) is 20.0 Å². The minimum atomic E-state index is -3.77. The molecule has 7 nitrogen and oxygen atoms in total. The van der Waals surface area contributed by atoms with Gasteiger partial charge in [0.2, 0.25) is 11.9 Å². The second kappa shape index (κ2) is 6.52. The third kappa shape index (κ3) is 4.01. The van der Waals surface area contributed by atoms with Crippen LogP contribution in [0.3, 0.4) is 0 Å². The van der Waals surface area contributed by atoms with E-state index in [9.17, 15) is 13.2 Å². The van der Waals surface area contributed by atoms with Crippen LogP contribution in [0.15, 0.2) is 41.4 Å². The standard InChI is InChI=1S/C14H16N4O3S/c1-3-11-8-9-15-14(17-11)18-22(20,21)13-6-4-12(5-7-13)16-10(2)19/h4-9H,3H2,1-2H3,(H,16,19)(H,15,17,18). The highest BCUT2D eigenvalue weighted by molar-refractivity contribution is 7.92. The second-order valence-corrected chi connectivity index (χ2v) is 6.22. The van der Waals surface area contributed by atoms with Crippen LogP contribution < -0.4 is 10.0 Å². The highest BCUT2D eigenvalue weighted by atomic mass is 32.2. The first-order chi connectivity index (χ1) is 10.4. The lowest BCUT2D eigenvalue weighted by Gasteiger charge is -2.08. The van der Waals surface area contributed by atoms with Gasteiger partial charge in [0.25, 0.3) is 10.0 Å². The molecule has 116 valence electrons. The number of amides is 1. The van der Waals surface area contributed by atoms with E-state index >= 15 is 0 Å². The Balaban J connectivity index is 2.20. The van der Waals surface area contributed by atoms with Crippen LogP contribution in [0.1, 0.15) is 19.5 Å². The molecule has 0 unspecified atom stereocenters. The number of carbonyl (C=O) groups is 1. The molecule has 1 aromatic heterocycles. The van der Waals surface area contributed by atoms with Crippen molar-refractivity contribution in [2.24, 2.45) is 0 Å². The molecule has 0 aliphatic rings. The Morgan fingerprint density at radius 3 is 2.45 bits per heavy atom. The van der Waals surface area contributed by atoms with Crippen molar-refractivity contribution >= 4 is 27.6 Å². The monoisotopic (exact) mass is 320 g/mol. The van der Waals surface area contributed by atoms with E-state index < -0.39 is 10.0 Å². The van der Waals surface area contributed by atoms with Crippen LogP contribution in [0.25, 0.3) is 0 Å². The Hall–Kier alpha value is -2.48. The SMILES string of the molecule is CCc1ccnc(NS(=O)(=O)c2ccc(NC(C)=O)cc2)n1. The first-order valence-corrected chi connectivity index (χ1v) is 8.11. The molecule has 0 bridgehead atoms. The zero-order valence-electron chi connectivity index (χ0n) is 12.2. The largest absolute Gasteiger partial charge is 0.326 e. The Kier molecular flexibility index (Phi) is 4.71. The van der Waals surface area contributed by atoms with Crippen molar-refractivity contribution in [1.82, 2.24) is 9.97 Å². The molecule has 0 aliphatic carbocycles. The van der Waals surface area contributed by atoms with E-state index in [1.54, 1.807) is 6.07 Å². The Bertz CT molecular complexity index is 773. The summed E-state index contributed by atoms with van der Waals surface area (Å²) in [6.07, 6.45) is 2.19. The van der Waals surface area contributed by atoms with Crippen LogP contribution in [0.5, 0.6) is 0 Å². The topological polar surface area (TPSA) is 101 Å². The minimum absolute atomic E-state index is 0.0327. The molecule has 0 atom stereocenters. The predicted octanol–water partition coefficient (Wildman–Crippen LogP) is 1.80. The summed E-state index contributed by atoms with van der Waals surface area (Å²) < 4.78 is 26.8. The summed E-state index contributed by atoms with van der Waals surface area (Å²) in [5, 5.41) is 2.57. The van der Waals surface area contributed by atoms with Crippen LogP contribution in [0.4, 0.5) is 11.6 Å². The molecule has 0 saturated carbocycles. The zero-order chi connectivity index (χ0) is 16.2. The molecule has 2 aromatic rings. The average Bonchev–Trinajstić information content (AvgIpc) is 2.47. The predicted molar refractivity (Wildman–Crippen MR) is 83.0 cm³/mol. The quantitative estimate of drug-likeness (QED) is 0.874. The number of aryl methyl sites for hydroxylation is 1. The molecule has 8 heteroatoms. The number of hydrogen-bond donors (Lipinski definition) is 2. The van der Waals surface area contributed by atoms with E-state index in [0.29, 0.717) is 12.1 Å². The third-order valence-electron chi connectivity index (χ3n) is 2.79. The van der Waals surface area contributed by atoms with Gasteiger partial charge in [0.05, 0.1) is 4.90 Å². The van der Waals surface area contributed by atoms with E-state index in [1.807, 2.05) is 6.92 Å². The molecule has 1 heterocycles. The van der Waals surface area contributed by atoms with Crippen molar-refractivity contribution in [3.05, 3.63) is 42.2 Å². The van der Waals surface area contributed by atoms with Gasteiger partial charge in [0, 0.05) is 24.5 Å². The van der Waals surface area contributed by atoms with Crippen molar-refractivity contribution in [2.45, 2.75) is 25.2 Å². The van der Waals surface area contributed by atoms with E-state index in [-0.39, 0.29) is 16.8 Å². The number of hydrogen-bond acceptors (Lipinski definition) is 5. The Labute approximate surface area is 128 Å². The molecular formula is C14H16N4O3S. The molecule has 22 heavy (non-hydrogen) atoms. The van der Waals surface area contributed by atoms with Crippen molar-refractivity contribution in [3.8, 4) is 0 Å². The molecule has 0 saturated heterocycles. The molecule has 0 fully saturated rings. The maximum atomic E-state index is 12.3. The summed E-state index contributed by atoms with van der Waals surface area (Å²) in [6.45, 7) is 3.30. The molecule has 0 aliphatic heterocycles. The highest BCUT2D eigenvalue weighted by Gasteiger charge is 2.15.